The highest BCUT2D eigenvalue weighted by molar-refractivity contribution is 9.10. The lowest BCUT2D eigenvalue weighted by molar-refractivity contribution is -0.117. The third kappa shape index (κ3) is 3.17. The van der Waals surface area contributed by atoms with Crippen molar-refractivity contribution in [1.82, 2.24) is 0 Å². The van der Waals surface area contributed by atoms with Crippen LogP contribution >= 0.6 is 15.9 Å². The van der Waals surface area contributed by atoms with Gasteiger partial charge in [-0.2, -0.15) is 0 Å². The summed E-state index contributed by atoms with van der Waals surface area (Å²) in [7, 11) is 0. The van der Waals surface area contributed by atoms with E-state index in [1.165, 1.54) is 12.1 Å². The van der Waals surface area contributed by atoms with Gasteiger partial charge in [0.15, 0.2) is 0 Å². The van der Waals surface area contributed by atoms with Crippen LogP contribution in [0.3, 0.4) is 0 Å². The Bertz CT molecular complexity index is 560. The van der Waals surface area contributed by atoms with Gasteiger partial charge in [0.05, 0.1) is 10.5 Å². The molecule has 0 aromatic heterocycles. The van der Waals surface area contributed by atoms with Gasteiger partial charge in [-0.15, -0.1) is 0 Å². The molecule has 0 spiro atoms. The highest BCUT2D eigenvalue weighted by Crippen LogP contribution is 2.29. The molecular weight excluding hydrogens is 327 g/mol. The Kier molecular flexibility index (Phi) is 4.42. The summed E-state index contributed by atoms with van der Waals surface area (Å²) < 4.78 is 14.0. The van der Waals surface area contributed by atoms with Crippen LogP contribution in [0.2, 0.25) is 0 Å². The Morgan fingerprint density at radius 1 is 1.40 bits per heavy atom. The largest absolute Gasteiger partial charge is 0.326 e. The van der Waals surface area contributed by atoms with E-state index < -0.39 is 10.6 Å². The number of halogens is 2. The Hall–Kier alpha value is -1.43. The van der Waals surface area contributed by atoms with E-state index >= 15 is 0 Å². The second kappa shape index (κ2) is 5.91. The van der Waals surface area contributed by atoms with Crippen LogP contribution in [0.5, 0.6) is 0 Å². The molecule has 108 valence electrons. The number of hydrogen-bond acceptors (Lipinski definition) is 2. The van der Waals surface area contributed by atoms with Gasteiger partial charge in [0, 0.05) is 12.1 Å². The van der Waals surface area contributed by atoms with Crippen molar-refractivity contribution in [1.29, 1.82) is 0 Å². The number of fused-ring (bicyclic) bond motifs is 1. The van der Waals surface area contributed by atoms with E-state index in [4.69, 9.17) is 0 Å². The highest BCUT2D eigenvalue weighted by Gasteiger charge is 2.22. The second-order valence-electron chi connectivity index (χ2n) is 5.17. The number of anilines is 2. The Balaban J connectivity index is 2.22. The maximum absolute atomic E-state index is 14.0. The van der Waals surface area contributed by atoms with Crippen molar-refractivity contribution in [3.05, 3.63) is 23.5 Å². The van der Waals surface area contributed by atoms with Crippen molar-refractivity contribution >= 4 is 39.1 Å². The number of rotatable bonds is 3. The van der Waals surface area contributed by atoms with E-state index in [9.17, 15) is 14.0 Å². The van der Waals surface area contributed by atoms with Crippen LogP contribution in [-0.2, 0) is 16.0 Å². The first-order chi connectivity index (χ1) is 9.38. The molecule has 2 N–H and O–H groups in total. The molecule has 4 nitrogen and oxygen atoms in total. The molecular formula is C14H16BrFN2O2. The van der Waals surface area contributed by atoms with Crippen LogP contribution < -0.4 is 10.6 Å². The van der Waals surface area contributed by atoms with Gasteiger partial charge in [0.2, 0.25) is 11.8 Å². The fraction of sp³-hybridized carbons (Fsp3) is 0.429. The summed E-state index contributed by atoms with van der Waals surface area (Å²) in [6.07, 6.45) is 0.869. The summed E-state index contributed by atoms with van der Waals surface area (Å²) in [5.41, 5.74) is 1.40. The molecule has 0 fully saturated rings. The Morgan fingerprint density at radius 2 is 2.10 bits per heavy atom. The van der Waals surface area contributed by atoms with Crippen molar-refractivity contribution in [3.8, 4) is 0 Å². The van der Waals surface area contributed by atoms with Gasteiger partial charge in [0.25, 0.3) is 0 Å². The van der Waals surface area contributed by atoms with Crippen molar-refractivity contribution in [2.75, 3.05) is 10.6 Å². The normalized spacial score (nSPS) is 15.6. The number of carbonyl (C=O) groups is 2. The molecule has 2 amide bonds. The van der Waals surface area contributed by atoms with Crippen molar-refractivity contribution in [3.63, 3.8) is 0 Å². The monoisotopic (exact) mass is 342 g/mol. The summed E-state index contributed by atoms with van der Waals surface area (Å²) >= 11 is 3.27. The van der Waals surface area contributed by atoms with E-state index in [1.54, 1.807) is 0 Å². The van der Waals surface area contributed by atoms with E-state index in [0.29, 0.717) is 18.5 Å². The fourth-order valence-electron chi connectivity index (χ4n) is 2.00. The molecule has 0 saturated carbocycles. The van der Waals surface area contributed by atoms with Crippen LogP contribution in [-0.4, -0.2) is 16.6 Å². The summed E-state index contributed by atoms with van der Waals surface area (Å²) in [6.45, 7) is 3.78. The van der Waals surface area contributed by atoms with E-state index in [-0.39, 0.29) is 23.4 Å². The van der Waals surface area contributed by atoms with Gasteiger partial charge < -0.3 is 10.6 Å². The lowest BCUT2D eigenvalue weighted by atomic mass is 10.0. The van der Waals surface area contributed by atoms with Crippen LogP contribution in [0.1, 0.15) is 25.8 Å². The van der Waals surface area contributed by atoms with Crippen molar-refractivity contribution < 1.29 is 14.0 Å². The number of aryl methyl sites for hydroxylation is 1. The summed E-state index contributed by atoms with van der Waals surface area (Å²) in [4.78, 5) is 22.9. The number of benzene rings is 1. The average molecular weight is 343 g/mol. The zero-order valence-corrected chi connectivity index (χ0v) is 12.9. The lowest BCUT2D eigenvalue weighted by Gasteiger charge is -2.19. The molecule has 0 aliphatic carbocycles. The number of alkyl halides is 1. The number of amides is 2. The molecule has 1 aliphatic rings. The number of nitrogens with one attached hydrogen (secondary N) is 2. The highest BCUT2D eigenvalue weighted by atomic mass is 79.9. The Morgan fingerprint density at radius 3 is 2.75 bits per heavy atom. The molecule has 6 heteroatoms. The second-order valence-corrected chi connectivity index (χ2v) is 6.16. The molecule has 2 rings (SSSR count). The molecule has 1 aromatic rings. The first-order valence-electron chi connectivity index (χ1n) is 6.45. The van der Waals surface area contributed by atoms with Gasteiger partial charge in [0.1, 0.15) is 5.82 Å². The zero-order valence-electron chi connectivity index (χ0n) is 11.3. The van der Waals surface area contributed by atoms with Crippen molar-refractivity contribution in [2.24, 2.45) is 5.92 Å². The van der Waals surface area contributed by atoms with Gasteiger partial charge >= 0.3 is 0 Å². The molecule has 1 unspecified atom stereocenters. The molecule has 0 bridgehead atoms. The van der Waals surface area contributed by atoms with E-state index in [2.05, 4.69) is 26.6 Å². The molecule has 0 radical (unpaired) electrons. The number of carbonyl (C=O) groups excluding carboxylic acids is 2. The summed E-state index contributed by atoms with van der Waals surface area (Å²) in [5.74, 6) is -0.796. The third-order valence-corrected chi connectivity index (χ3v) is 4.66. The smallest absolute Gasteiger partial charge is 0.238 e. The molecule has 0 saturated heterocycles. The fourth-order valence-corrected chi connectivity index (χ4v) is 2.11. The predicted molar refractivity (Wildman–Crippen MR) is 79.5 cm³/mol. The Labute approximate surface area is 125 Å². The minimum absolute atomic E-state index is 0.0843. The minimum atomic E-state index is -0.489. The maximum atomic E-state index is 14.0. The van der Waals surface area contributed by atoms with Gasteiger partial charge in [-0.25, -0.2) is 4.39 Å². The predicted octanol–water partition coefficient (Wildman–Crippen LogP) is 3.07. The van der Waals surface area contributed by atoms with E-state index in [0.717, 1.165) is 5.56 Å². The summed E-state index contributed by atoms with van der Waals surface area (Å²) in [5, 5.41) is 5.23. The average Bonchev–Trinajstić information content (AvgIpc) is 2.39. The maximum Gasteiger partial charge on any atom is 0.238 e. The first-order valence-corrected chi connectivity index (χ1v) is 7.37. The lowest BCUT2D eigenvalue weighted by Crippen LogP contribution is -2.27. The van der Waals surface area contributed by atoms with Crippen LogP contribution in [0.4, 0.5) is 15.8 Å². The molecule has 1 atom stereocenters. The van der Waals surface area contributed by atoms with Gasteiger partial charge in [-0.05, 0) is 30.0 Å². The molecule has 1 heterocycles. The first kappa shape index (κ1) is 15.0. The van der Waals surface area contributed by atoms with E-state index in [1.807, 2.05) is 13.8 Å². The van der Waals surface area contributed by atoms with Gasteiger partial charge in [-0.3, -0.25) is 9.59 Å². The van der Waals surface area contributed by atoms with Crippen LogP contribution in [0.15, 0.2) is 12.1 Å². The van der Waals surface area contributed by atoms with Crippen molar-refractivity contribution in [2.45, 2.75) is 31.5 Å². The quantitative estimate of drug-likeness (QED) is 0.829. The van der Waals surface area contributed by atoms with Crippen LogP contribution in [0.25, 0.3) is 0 Å². The van der Waals surface area contributed by atoms with Gasteiger partial charge in [-0.1, -0.05) is 29.8 Å². The molecule has 1 aliphatic heterocycles. The van der Waals surface area contributed by atoms with Crippen LogP contribution in [0, 0.1) is 11.7 Å². The standard InChI is InChI=1S/C14H16BrFN2O2/c1-7(2)13(15)14(20)18-11-6-10-8(5-9(11)16)3-4-12(19)17-10/h5-7,13H,3-4H2,1-2H3,(H,17,19)(H,18,20). The third-order valence-electron chi connectivity index (χ3n) is 3.18. The summed E-state index contributed by atoms with van der Waals surface area (Å²) in [6, 6.07) is 2.84. The number of hydrogen-bond donors (Lipinski definition) is 2. The molecule has 20 heavy (non-hydrogen) atoms. The topological polar surface area (TPSA) is 58.2 Å². The zero-order chi connectivity index (χ0) is 14.9. The minimum Gasteiger partial charge on any atom is -0.326 e. The SMILES string of the molecule is CC(C)C(Br)C(=O)Nc1cc2c(cc1F)CCC(=O)N2. The molecule has 1 aromatic carbocycles.